The lowest BCUT2D eigenvalue weighted by Crippen LogP contribution is -2.65. The highest BCUT2D eigenvalue weighted by Crippen LogP contribution is 2.30. The first-order chi connectivity index (χ1) is 35.6. The molecule has 0 aromatic heterocycles. The molecule has 2 heterocycles. The van der Waals surface area contributed by atoms with E-state index in [0.717, 1.165) is 51.4 Å². The molecule has 2 fully saturated rings. The van der Waals surface area contributed by atoms with Gasteiger partial charge in [0, 0.05) is 6.42 Å². The molecule has 12 unspecified atom stereocenters. The minimum atomic E-state index is -1.78. The Kier molecular flexibility index (Phi) is 42.5. The first-order valence-electron chi connectivity index (χ1n) is 30.4. The molecule has 432 valence electrons. The van der Waals surface area contributed by atoms with Gasteiger partial charge in [0.15, 0.2) is 12.6 Å². The van der Waals surface area contributed by atoms with Crippen molar-refractivity contribution in [2.24, 2.45) is 0 Å². The van der Waals surface area contributed by atoms with E-state index in [1.165, 1.54) is 186 Å². The van der Waals surface area contributed by atoms with Gasteiger partial charge >= 0.3 is 0 Å². The number of hydrogen-bond acceptors (Lipinski definition) is 13. The van der Waals surface area contributed by atoms with Gasteiger partial charge in [0.2, 0.25) is 5.91 Å². The average molecular weight is 1040 g/mol. The smallest absolute Gasteiger partial charge is 0.220 e. The highest BCUT2D eigenvalue weighted by Gasteiger charge is 2.51. The molecule has 9 N–H and O–H groups in total. The van der Waals surface area contributed by atoms with Gasteiger partial charge in [-0.2, -0.15) is 0 Å². The van der Waals surface area contributed by atoms with Crippen LogP contribution in [0.1, 0.15) is 264 Å². The molecule has 0 bridgehead atoms. The number of hydrogen-bond donors (Lipinski definition) is 9. The number of aliphatic hydroxyl groups is 8. The molecule has 0 aromatic carbocycles. The summed E-state index contributed by atoms with van der Waals surface area (Å²) in [7, 11) is 0. The highest BCUT2D eigenvalue weighted by molar-refractivity contribution is 5.76. The third-order valence-corrected chi connectivity index (χ3v) is 15.2. The van der Waals surface area contributed by atoms with Crippen LogP contribution in [0.4, 0.5) is 0 Å². The topological polar surface area (TPSA) is 228 Å². The zero-order valence-electron chi connectivity index (χ0n) is 46.4. The Morgan fingerprint density at radius 2 is 0.863 bits per heavy atom. The molecule has 1 amide bonds. The lowest BCUT2D eigenvalue weighted by Gasteiger charge is -2.46. The van der Waals surface area contributed by atoms with E-state index in [4.69, 9.17) is 18.9 Å². The molecule has 0 saturated carbocycles. The summed E-state index contributed by atoms with van der Waals surface area (Å²) >= 11 is 0. The van der Waals surface area contributed by atoms with Crippen LogP contribution >= 0.6 is 0 Å². The van der Waals surface area contributed by atoms with E-state index in [9.17, 15) is 45.6 Å². The molecular weight excluding hydrogens is 931 g/mol. The molecule has 14 nitrogen and oxygen atoms in total. The van der Waals surface area contributed by atoms with Gasteiger partial charge in [0.05, 0.1) is 32.0 Å². The molecule has 2 rings (SSSR count). The molecular formula is C59H113NO13. The monoisotopic (exact) mass is 1040 g/mol. The number of amides is 1. The van der Waals surface area contributed by atoms with Gasteiger partial charge in [-0.15, -0.1) is 0 Å². The Labute approximate surface area is 444 Å². The number of unbranched alkanes of at least 4 members (excludes halogenated alkanes) is 34. The van der Waals surface area contributed by atoms with Crippen molar-refractivity contribution < 1.29 is 64.6 Å². The molecule has 12 atom stereocenters. The van der Waals surface area contributed by atoms with Gasteiger partial charge in [-0.25, -0.2) is 0 Å². The van der Waals surface area contributed by atoms with Crippen molar-refractivity contribution in [3.8, 4) is 0 Å². The van der Waals surface area contributed by atoms with Crippen molar-refractivity contribution in [2.45, 2.75) is 338 Å². The maximum absolute atomic E-state index is 13.2. The average Bonchev–Trinajstić information content (AvgIpc) is 3.39. The van der Waals surface area contributed by atoms with Gasteiger partial charge in [-0.3, -0.25) is 4.79 Å². The normalized spacial score (nSPS) is 25.4. The summed E-state index contributed by atoms with van der Waals surface area (Å²) in [6, 6.07) is -0.822. The molecule has 0 aliphatic carbocycles. The standard InChI is InChI=1S/C59H113NO13/c1-3-5-7-9-11-13-14-15-16-17-18-19-20-21-22-23-24-25-26-27-28-29-30-31-32-33-34-35-37-39-41-43-51(64)60-47(48(63)42-40-38-36-12-10-8-6-4-2)46-70-58-56(69)54(67)57(50(45-62)72-58)73-59-55(68)53(66)52(65)49(44-61)71-59/h17-18,47-50,52-59,61-63,65-69H,3-16,19-46H2,1-2H3,(H,60,64)/b18-17-. The lowest BCUT2D eigenvalue weighted by atomic mass is 9.97. The molecule has 73 heavy (non-hydrogen) atoms. The van der Waals surface area contributed by atoms with Gasteiger partial charge in [-0.05, 0) is 38.5 Å². The van der Waals surface area contributed by atoms with Crippen LogP contribution in [0.3, 0.4) is 0 Å². The third kappa shape index (κ3) is 31.7. The van der Waals surface area contributed by atoms with Gasteiger partial charge in [0.1, 0.15) is 48.8 Å². The molecule has 2 saturated heterocycles. The minimum absolute atomic E-state index is 0.205. The second-order valence-corrected chi connectivity index (χ2v) is 21.8. The van der Waals surface area contributed by atoms with Crippen LogP contribution in [0, 0.1) is 0 Å². The zero-order chi connectivity index (χ0) is 53.2. The van der Waals surface area contributed by atoms with Crippen molar-refractivity contribution in [1.29, 1.82) is 0 Å². The van der Waals surface area contributed by atoms with E-state index in [1.807, 2.05) is 0 Å². The molecule has 2 aliphatic heterocycles. The highest BCUT2D eigenvalue weighted by atomic mass is 16.7. The predicted octanol–water partition coefficient (Wildman–Crippen LogP) is 10.3. The Morgan fingerprint density at radius 1 is 0.479 bits per heavy atom. The fourth-order valence-electron chi connectivity index (χ4n) is 10.3. The van der Waals surface area contributed by atoms with Gasteiger partial charge in [0.25, 0.3) is 0 Å². The first-order valence-corrected chi connectivity index (χ1v) is 30.4. The molecule has 2 aliphatic rings. The quantitative estimate of drug-likeness (QED) is 0.0204. The molecule has 0 radical (unpaired) electrons. The maximum Gasteiger partial charge on any atom is 0.220 e. The third-order valence-electron chi connectivity index (χ3n) is 15.2. The summed E-state index contributed by atoms with van der Waals surface area (Å²) in [4.78, 5) is 13.2. The van der Waals surface area contributed by atoms with Crippen LogP contribution in [0.2, 0.25) is 0 Å². The van der Waals surface area contributed by atoms with Crippen molar-refractivity contribution >= 4 is 5.91 Å². The van der Waals surface area contributed by atoms with Crippen LogP contribution in [-0.2, 0) is 23.7 Å². The summed E-state index contributed by atoms with van der Waals surface area (Å²) in [5, 5.41) is 86.9. The summed E-state index contributed by atoms with van der Waals surface area (Å²) in [6.45, 7) is 2.83. The van der Waals surface area contributed by atoms with E-state index >= 15 is 0 Å². The largest absolute Gasteiger partial charge is 0.394 e. The fourth-order valence-corrected chi connectivity index (χ4v) is 10.3. The van der Waals surface area contributed by atoms with Gasteiger partial charge in [-0.1, -0.05) is 231 Å². The first kappa shape index (κ1) is 67.8. The second kappa shape index (κ2) is 45.7. The van der Waals surface area contributed by atoms with Crippen molar-refractivity contribution in [3.05, 3.63) is 12.2 Å². The molecule has 0 aromatic rings. The van der Waals surface area contributed by atoms with E-state index in [2.05, 4.69) is 31.3 Å². The van der Waals surface area contributed by atoms with Crippen LogP contribution in [0.25, 0.3) is 0 Å². The number of carbonyl (C=O) groups is 1. The van der Waals surface area contributed by atoms with Gasteiger partial charge < -0.3 is 65.1 Å². The summed E-state index contributed by atoms with van der Waals surface area (Å²) in [5.41, 5.74) is 0. The summed E-state index contributed by atoms with van der Waals surface area (Å²) in [6.07, 6.45) is 35.5. The predicted molar refractivity (Wildman–Crippen MR) is 291 cm³/mol. The van der Waals surface area contributed by atoms with Crippen LogP contribution in [0.15, 0.2) is 12.2 Å². The molecule has 14 heteroatoms. The van der Waals surface area contributed by atoms with Crippen molar-refractivity contribution in [3.63, 3.8) is 0 Å². The lowest BCUT2D eigenvalue weighted by molar-refractivity contribution is -0.359. The van der Waals surface area contributed by atoms with E-state index < -0.39 is 86.8 Å². The number of carbonyl (C=O) groups excluding carboxylic acids is 1. The number of nitrogens with one attached hydrogen (secondary N) is 1. The zero-order valence-corrected chi connectivity index (χ0v) is 46.4. The Morgan fingerprint density at radius 3 is 1.30 bits per heavy atom. The van der Waals surface area contributed by atoms with Crippen LogP contribution in [-0.4, -0.2) is 140 Å². The number of rotatable bonds is 49. The summed E-state index contributed by atoms with van der Waals surface area (Å²) < 4.78 is 22.7. The Hall–Kier alpha value is -1.27. The van der Waals surface area contributed by atoms with E-state index in [1.54, 1.807) is 0 Å². The number of ether oxygens (including phenoxy) is 4. The Balaban J connectivity index is 1.58. The molecule has 0 spiro atoms. The van der Waals surface area contributed by atoms with Crippen LogP contribution < -0.4 is 5.32 Å². The minimum Gasteiger partial charge on any atom is -0.394 e. The summed E-state index contributed by atoms with van der Waals surface area (Å²) in [5.74, 6) is -0.205. The fraction of sp³-hybridized carbons (Fsp3) is 0.949. The number of allylic oxidation sites excluding steroid dienone is 2. The van der Waals surface area contributed by atoms with Crippen molar-refractivity contribution in [1.82, 2.24) is 5.32 Å². The van der Waals surface area contributed by atoms with Crippen molar-refractivity contribution in [2.75, 3.05) is 19.8 Å². The van der Waals surface area contributed by atoms with Crippen LogP contribution in [0.5, 0.6) is 0 Å². The SMILES string of the molecule is CCCCCCCCCC/C=C\CCCCCCCCCCCCCCCCCCCCCC(=O)NC(COC1OC(CO)C(OC2OC(CO)C(O)C(O)C2O)C(O)C1O)C(O)CCCCCCCCCC. The number of aliphatic hydroxyl groups excluding tert-OH is 8. The van der Waals surface area contributed by atoms with E-state index in [-0.39, 0.29) is 12.5 Å². The second-order valence-electron chi connectivity index (χ2n) is 21.8. The van der Waals surface area contributed by atoms with E-state index in [0.29, 0.717) is 12.8 Å². The maximum atomic E-state index is 13.2. The Bertz CT molecular complexity index is 1280.